The number of nitrogens with two attached hydrogens (primary N) is 1. The molecule has 0 saturated carbocycles. The lowest BCUT2D eigenvalue weighted by atomic mass is 9.90. The zero-order valence-electron chi connectivity index (χ0n) is 14.3. The van der Waals surface area contributed by atoms with Crippen LogP contribution in [0.4, 0.5) is 5.69 Å². The van der Waals surface area contributed by atoms with E-state index in [1.807, 2.05) is 24.3 Å². The van der Waals surface area contributed by atoms with Crippen LogP contribution in [0.15, 0.2) is 24.3 Å². The number of hydrogen-bond acceptors (Lipinski definition) is 5. The van der Waals surface area contributed by atoms with E-state index in [0.29, 0.717) is 44.9 Å². The Morgan fingerprint density at radius 2 is 2.04 bits per heavy atom. The summed E-state index contributed by atoms with van der Waals surface area (Å²) >= 11 is 0. The lowest BCUT2D eigenvalue weighted by Gasteiger charge is -2.31. The molecule has 1 unspecified atom stereocenters. The van der Waals surface area contributed by atoms with Crippen LogP contribution in [0, 0.1) is 0 Å². The summed E-state index contributed by atoms with van der Waals surface area (Å²) in [6.45, 7) is 2.02. The molecule has 2 amide bonds. The molecular formula is C18H25N3O4. The molecule has 2 heterocycles. The van der Waals surface area contributed by atoms with Gasteiger partial charge in [-0.1, -0.05) is 12.1 Å². The molecule has 1 aromatic carbocycles. The van der Waals surface area contributed by atoms with Crippen molar-refractivity contribution < 1.29 is 19.1 Å². The van der Waals surface area contributed by atoms with Gasteiger partial charge in [0, 0.05) is 32.1 Å². The molecule has 0 aliphatic carbocycles. The van der Waals surface area contributed by atoms with Gasteiger partial charge in [0.15, 0.2) is 0 Å². The highest BCUT2D eigenvalue weighted by molar-refractivity contribution is 5.94. The van der Waals surface area contributed by atoms with E-state index in [1.54, 1.807) is 0 Å². The summed E-state index contributed by atoms with van der Waals surface area (Å²) in [5, 5.41) is 5.75. The van der Waals surface area contributed by atoms with Crippen molar-refractivity contribution in [2.75, 3.05) is 25.1 Å². The molecule has 3 rings (SSSR count). The molecule has 1 aromatic rings. The van der Waals surface area contributed by atoms with Crippen molar-refractivity contribution in [2.45, 2.75) is 43.9 Å². The van der Waals surface area contributed by atoms with Gasteiger partial charge in [-0.3, -0.25) is 9.59 Å². The maximum Gasteiger partial charge on any atom is 0.253 e. The fourth-order valence-electron chi connectivity index (χ4n) is 3.09. The Morgan fingerprint density at radius 3 is 2.76 bits per heavy atom. The maximum atomic E-state index is 12.4. The van der Waals surface area contributed by atoms with Crippen molar-refractivity contribution in [3.8, 4) is 0 Å². The monoisotopic (exact) mass is 347 g/mol. The fraction of sp³-hybridized carbons (Fsp3) is 0.556. The number of carbonyl (C=O) groups excluding carboxylic acids is 2. The summed E-state index contributed by atoms with van der Waals surface area (Å²) in [6, 6.07) is 7.41. The number of carbonyl (C=O) groups is 2. The maximum absolute atomic E-state index is 12.4. The van der Waals surface area contributed by atoms with E-state index in [4.69, 9.17) is 15.2 Å². The number of rotatable bonds is 5. The van der Waals surface area contributed by atoms with Crippen LogP contribution in [0.3, 0.4) is 0 Å². The largest absolute Gasteiger partial charge is 0.381 e. The second-order valence-corrected chi connectivity index (χ2v) is 6.64. The van der Waals surface area contributed by atoms with E-state index in [0.717, 1.165) is 18.4 Å². The molecule has 1 atom stereocenters. The first-order chi connectivity index (χ1) is 12.1. The summed E-state index contributed by atoms with van der Waals surface area (Å²) in [5.41, 5.74) is 6.90. The van der Waals surface area contributed by atoms with Gasteiger partial charge in [0.25, 0.3) is 5.91 Å². The van der Waals surface area contributed by atoms with Gasteiger partial charge in [-0.2, -0.15) is 0 Å². The molecular weight excluding hydrogens is 322 g/mol. The summed E-state index contributed by atoms with van der Waals surface area (Å²) in [5.74, 6) is -0.286. The third-order valence-corrected chi connectivity index (χ3v) is 4.71. The van der Waals surface area contributed by atoms with Gasteiger partial charge < -0.3 is 25.8 Å². The summed E-state index contributed by atoms with van der Waals surface area (Å²) < 4.78 is 10.6. The zero-order valence-corrected chi connectivity index (χ0v) is 14.3. The van der Waals surface area contributed by atoms with Crippen LogP contribution >= 0.6 is 0 Å². The van der Waals surface area contributed by atoms with Crippen molar-refractivity contribution in [2.24, 2.45) is 5.73 Å². The van der Waals surface area contributed by atoms with E-state index in [-0.39, 0.29) is 17.9 Å². The molecule has 0 bridgehead atoms. The molecule has 4 N–H and O–H groups in total. The average Bonchev–Trinajstić information content (AvgIpc) is 3.15. The van der Waals surface area contributed by atoms with Crippen molar-refractivity contribution in [3.63, 3.8) is 0 Å². The predicted octanol–water partition coefficient (Wildman–Crippen LogP) is 0.928. The number of amides is 2. The van der Waals surface area contributed by atoms with Gasteiger partial charge >= 0.3 is 0 Å². The number of anilines is 1. The zero-order chi connectivity index (χ0) is 17.7. The molecule has 136 valence electrons. The van der Waals surface area contributed by atoms with Crippen LogP contribution in [0.25, 0.3) is 0 Å². The molecule has 25 heavy (non-hydrogen) atoms. The highest BCUT2D eigenvalue weighted by Gasteiger charge is 2.35. The normalized spacial score (nSPS) is 22.4. The molecule has 0 spiro atoms. The Morgan fingerprint density at radius 1 is 1.24 bits per heavy atom. The van der Waals surface area contributed by atoms with Gasteiger partial charge in [0.05, 0.1) is 5.54 Å². The minimum Gasteiger partial charge on any atom is -0.381 e. The Bertz CT molecular complexity index is 623. The van der Waals surface area contributed by atoms with E-state index in [1.165, 1.54) is 0 Å². The van der Waals surface area contributed by atoms with Gasteiger partial charge in [-0.05, 0) is 43.4 Å². The molecule has 2 saturated heterocycles. The standard InChI is InChI=1S/C18H25N3O4/c19-18(6-9-24-10-7-18)17(23)20-12-13-3-1-4-14(11-13)21-16(22)15-5-2-8-25-15/h1,3-4,11,15H,2,5-10,12,19H2,(H,20,23)(H,21,22). The SMILES string of the molecule is NC1(C(=O)NCc2cccc(NC(=O)C3CCCO3)c2)CCOCC1. The minimum absolute atomic E-state index is 0.123. The van der Waals surface area contributed by atoms with Crippen LogP contribution < -0.4 is 16.4 Å². The molecule has 7 nitrogen and oxygen atoms in total. The topological polar surface area (TPSA) is 103 Å². The Kier molecular flexibility index (Phi) is 5.67. The highest BCUT2D eigenvalue weighted by atomic mass is 16.5. The van der Waals surface area contributed by atoms with E-state index in [2.05, 4.69) is 10.6 Å². The van der Waals surface area contributed by atoms with Crippen LogP contribution in [0.2, 0.25) is 0 Å². The van der Waals surface area contributed by atoms with Gasteiger partial charge in [0.1, 0.15) is 6.10 Å². The van der Waals surface area contributed by atoms with Crippen molar-refractivity contribution >= 4 is 17.5 Å². The Balaban J connectivity index is 1.54. The van der Waals surface area contributed by atoms with Crippen molar-refractivity contribution in [1.29, 1.82) is 0 Å². The quantitative estimate of drug-likeness (QED) is 0.735. The molecule has 0 radical (unpaired) electrons. The van der Waals surface area contributed by atoms with Gasteiger partial charge in [-0.15, -0.1) is 0 Å². The van der Waals surface area contributed by atoms with Gasteiger partial charge in [0.2, 0.25) is 5.91 Å². The van der Waals surface area contributed by atoms with Crippen LogP contribution in [0.5, 0.6) is 0 Å². The first kappa shape index (κ1) is 17.8. The second kappa shape index (κ2) is 7.95. The second-order valence-electron chi connectivity index (χ2n) is 6.64. The number of nitrogens with one attached hydrogen (secondary N) is 2. The number of benzene rings is 1. The smallest absolute Gasteiger partial charge is 0.253 e. The lowest BCUT2D eigenvalue weighted by Crippen LogP contribution is -2.56. The molecule has 2 aliphatic rings. The highest BCUT2D eigenvalue weighted by Crippen LogP contribution is 2.19. The van der Waals surface area contributed by atoms with Crippen molar-refractivity contribution in [1.82, 2.24) is 5.32 Å². The van der Waals surface area contributed by atoms with Gasteiger partial charge in [-0.25, -0.2) is 0 Å². The molecule has 0 aromatic heterocycles. The van der Waals surface area contributed by atoms with Crippen LogP contribution in [0.1, 0.15) is 31.2 Å². The van der Waals surface area contributed by atoms with E-state index < -0.39 is 5.54 Å². The summed E-state index contributed by atoms with van der Waals surface area (Å²) in [7, 11) is 0. The first-order valence-corrected chi connectivity index (χ1v) is 8.73. The van der Waals surface area contributed by atoms with Crippen molar-refractivity contribution in [3.05, 3.63) is 29.8 Å². The predicted molar refractivity (Wildman–Crippen MR) is 92.9 cm³/mol. The van der Waals surface area contributed by atoms with E-state index >= 15 is 0 Å². The third kappa shape index (κ3) is 4.56. The summed E-state index contributed by atoms with van der Waals surface area (Å²) in [4.78, 5) is 24.5. The number of hydrogen-bond donors (Lipinski definition) is 3. The molecule has 2 aliphatic heterocycles. The Labute approximate surface area is 147 Å². The lowest BCUT2D eigenvalue weighted by molar-refractivity contribution is -0.130. The average molecular weight is 347 g/mol. The van der Waals surface area contributed by atoms with Crippen LogP contribution in [-0.4, -0.2) is 43.3 Å². The number of ether oxygens (including phenoxy) is 2. The Hall–Kier alpha value is -1.96. The van der Waals surface area contributed by atoms with E-state index in [9.17, 15) is 9.59 Å². The van der Waals surface area contributed by atoms with Crippen LogP contribution in [-0.2, 0) is 25.6 Å². The summed E-state index contributed by atoms with van der Waals surface area (Å²) in [6.07, 6.45) is 2.35. The molecule has 2 fully saturated rings. The molecule has 7 heteroatoms. The third-order valence-electron chi connectivity index (χ3n) is 4.71. The first-order valence-electron chi connectivity index (χ1n) is 8.73. The fourth-order valence-corrected chi connectivity index (χ4v) is 3.09. The minimum atomic E-state index is -0.857.